The van der Waals surface area contributed by atoms with Gasteiger partial charge in [-0.1, -0.05) is 0 Å². The molecular formula is C12H18FN3O. The molecule has 0 radical (unpaired) electrons. The van der Waals surface area contributed by atoms with Crippen molar-refractivity contribution in [2.45, 2.75) is 19.4 Å². The third-order valence-electron chi connectivity index (χ3n) is 2.81. The van der Waals surface area contributed by atoms with E-state index in [9.17, 15) is 9.18 Å². The summed E-state index contributed by atoms with van der Waals surface area (Å²) >= 11 is 0. The number of nitrogens with two attached hydrogens (primary N) is 1. The minimum Gasteiger partial charge on any atom is -0.328 e. The van der Waals surface area contributed by atoms with E-state index in [1.165, 1.54) is 29.2 Å². The number of halogens is 1. The van der Waals surface area contributed by atoms with Crippen LogP contribution in [0, 0.1) is 5.82 Å². The molecule has 0 unspecified atom stereocenters. The number of rotatable bonds is 3. The monoisotopic (exact) mass is 239 g/mol. The number of amides is 2. The molecule has 2 amide bonds. The van der Waals surface area contributed by atoms with Crippen LogP contribution in [0.5, 0.6) is 0 Å². The number of hydrogen-bond donors (Lipinski definition) is 2. The molecule has 0 aliphatic carbocycles. The highest BCUT2D eigenvalue weighted by molar-refractivity contribution is 5.89. The highest BCUT2D eigenvalue weighted by Crippen LogP contribution is 2.14. The molecule has 1 rings (SSSR count). The third kappa shape index (κ3) is 3.42. The van der Waals surface area contributed by atoms with Gasteiger partial charge in [-0.25, -0.2) is 9.18 Å². The van der Waals surface area contributed by atoms with E-state index in [4.69, 9.17) is 5.73 Å². The van der Waals surface area contributed by atoms with Crippen molar-refractivity contribution in [3.8, 4) is 0 Å². The van der Waals surface area contributed by atoms with E-state index in [1.807, 2.05) is 13.8 Å². The SMILES string of the molecule is CN(C(=O)Nc1ccc(F)cc1)C(C)(C)CN. The Morgan fingerprint density at radius 1 is 1.41 bits per heavy atom. The van der Waals surface area contributed by atoms with Gasteiger partial charge in [0.1, 0.15) is 5.82 Å². The number of benzene rings is 1. The Bertz CT molecular complexity index is 389. The van der Waals surface area contributed by atoms with Crippen molar-refractivity contribution < 1.29 is 9.18 Å². The number of urea groups is 1. The molecule has 0 aromatic heterocycles. The van der Waals surface area contributed by atoms with E-state index in [0.717, 1.165) is 0 Å². The quantitative estimate of drug-likeness (QED) is 0.847. The van der Waals surface area contributed by atoms with E-state index < -0.39 is 5.54 Å². The molecule has 1 aromatic rings. The maximum Gasteiger partial charge on any atom is 0.322 e. The van der Waals surface area contributed by atoms with Gasteiger partial charge < -0.3 is 16.0 Å². The molecule has 1 aromatic carbocycles. The maximum atomic E-state index is 12.7. The Morgan fingerprint density at radius 3 is 2.41 bits per heavy atom. The summed E-state index contributed by atoms with van der Waals surface area (Å²) in [5, 5.41) is 2.67. The van der Waals surface area contributed by atoms with Crippen LogP contribution >= 0.6 is 0 Å². The standard InChI is InChI=1S/C12H18FN3O/c1-12(2,8-14)16(3)11(17)15-10-6-4-9(13)5-7-10/h4-7H,8,14H2,1-3H3,(H,15,17). The molecule has 0 heterocycles. The average Bonchev–Trinajstić information content (AvgIpc) is 2.31. The average molecular weight is 239 g/mol. The number of anilines is 1. The summed E-state index contributed by atoms with van der Waals surface area (Å²) in [4.78, 5) is 13.4. The Balaban J connectivity index is 2.69. The lowest BCUT2D eigenvalue weighted by Crippen LogP contribution is -2.51. The first-order valence-electron chi connectivity index (χ1n) is 5.37. The summed E-state index contributed by atoms with van der Waals surface area (Å²) in [5.41, 5.74) is 5.71. The molecule has 0 aliphatic rings. The van der Waals surface area contributed by atoms with Crippen LogP contribution in [0.1, 0.15) is 13.8 Å². The Kier molecular flexibility index (Phi) is 4.07. The zero-order valence-corrected chi connectivity index (χ0v) is 10.3. The molecule has 0 fully saturated rings. The van der Waals surface area contributed by atoms with Crippen LogP contribution < -0.4 is 11.1 Å². The predicted octanol–water partition coefficient (Wildman–Crippen LogP) is 2.03. The first-order chi connectivity index (χ1) is 7.86. The Labute approximate surface area is 101 Å². The van der Waals surface area contributed by atoms with Crippen molar-refractivity contribution in [3.63, 3.8) is 0 Å². The molecule has 4 nitrogen and oxygen atoms in total. The van der Waals surface area contributed by atoms with Gasteiger partial charge in [0.15, 0.2) is 0 Å². The van der Waals surface area contributed by atoms with Gasteiger partial charge in [0, 0.05) is 19.3 Å². The second-order valence-corrected chi connectivity index (χ2v) is 4.51. The fourth-order valence-electron chi connectivity index (χ4n) is 1.15. The lowest BCUT2D eigenvalue weighted by atomic mass is 10.1. The van der Waals surface area contributed by atoms with Crippen molar-refractivity contribution in [3.05, 3.63) is 30.1 Å². The summed E-state index contributed by atoms with van der Waals surface area (Å²) in [6.07, 6.45) is 0. The molecule has 0 bridgehead atoms. The zero-order valence-electron chi connectivity index (χ0n) is 10.3. The number of nitrogens with zero attached hydrogens (tertiary/aromatic N) is 1. The molecule has 17 heavy (non-hydrogen) atoms. The highest BCUT2D eigenvalue weighted by Gasteiger charge is 2.25. The van der Waals surface area contributed by atoms with Crippen molar-refractivity contribution >= 4 is 11.7 Å². The highest BCUT2D eigenvalue weighted by atomic mass is 19.1. The fourth-order valence-corrected chi connectivity index (χ4v) is 1.15. The van der Waals surface area contributed by atoms with Crippen LogP contribution in [-0.4, -0.2) is 30.1 Å². The van der Waals surface area contributed by atoms with Gasteiger partial charge in [-0.15, -0.1) is 0 Å². The summed E-state index contributed by atoms with van der Waals surface area (Å²) in [6.45, 7) is 4.11. The lowest BCUT2D eigenvalue weighted by Gasteiger charge is -2.34. The van der Waals surface area contributed by atoms with Crippen LogP contribution in [0.25, 0.3) is 0 Å². The molecule has 0 saturated heterocycles. The number of carbonyl (C=O) groups excluding carboxylic acids is 1. The van der Waals surface area contributed by atoms with Gasteiger partial charge in [-0.3, -0.25) is 0 Å². The van der Waals surface area contributed by atoms with Crippen molar-refractivity contribution in [2.24, 2.45) is 5.73 Å². The molecular weight excluding hydrogens is 221 g/mol. The summed E-state index contributed by atoms with van der Waals surface area (Å²) in [6, 6.07) is 5.34. The van der Waals surface area contributed by atoms with Gasteiger partial charge in [-0.05, 0) is 38.1 Å². The summed E-state index contributed by atoms with van der Waals surface area (Å²) in [5.74, 6) is -0.335. The van der Waals surface area contributed by atoms with Crippen LogP contribution in [0.2, 0.25) is 0 Å². The number of hydrogen-bond acceptors (Lipinski definition) is 2. The molecule has 0 atom stereocenters. The molecule has 5 heteroatoms. The number of carbonyl (C=O) groups is 1. The van der Waals surface area contributed by atoms with Gasteiger partial charge in [0.2, 0.25) is 0 Å². The normalized spacial score (nSPS) is 11.1. The Hall–Kier alpha value is -1.62. The van der Waals surface area contributed by atoms with E-state index in [-0.39, 0.29) is 11.8 Å². The first-order valence-corrected chi connectivity index (χ1v) is 5.37. The topological polar surface area (TPSA) is 58.4 Å². The van der Waals surface area contributed by atoms with Crippen LogP contribution in [0.15, 0.2) is 24.3 Å². The van der Waals surface area contributed by atoms with Gasteiger partial charge >= 0.3 is 6.03 Å². The minimum absolute atomic E-state index is 0.271. The number of likely N-dealkylation sites (N-methyl/N-ethyl adjacent to an activating group) is 1. The van der Waals surface area contributed by atoms with Crippen LogP contribution in [0.4, 0.5) is 14.9 Å². The summed E-state index contributed by atoms with van der Waals surface area (Å²) in [7, 11) is 1.67. The molecule has 0 aliphatic heterocycles. The Morgan fingerprint density at radius 2 is 1.94 bits per heavy atom. The molecule has 0 spiro atoms. The van der Waals surface area contributed by atoms with Crippen molar-refractivity contribution in [1.82, 2.24) is 4.90 Å². The van der Waals surface area contributed by atoms with Gasteiger partial charge in [-0.2, -0.15) is 0 Å². The lowest BCUT2D eigenvalue weighted by molar-refractivity contribution is 0.172. The van der Waals surface area contributed by atoms with Crippen LogP contribution in [0.3, 0.4) is 0 Å². The van der Waals surface area contributed by atoms with E-state index >= 15 is 0 Å². The van der Waals surface area contributed by atoms with E-state index in [1.54, 1.807) is 7.05 Å². The van der Waals surface area contributed by atoms with E-state index in [2.05, 4.69) is 5.32 Å². The largest absolute Gasteiger partial charge is 0.328 e. The van der Waals surface area contributed by atoms with Gasteiger partial charge in [0.05, 0.1) is 5.54 Å². The zero-order chi connectivity index (χ0) is 13.1. The minimum atomic E-state index is -0.426. The number of nitrogens with one attached hydrogen (secondary N) is 1. The summed E-state index contributed by atoms with van der Waals surface area (Å²) < 4.78 is 12.7. The van der Waals surface area contributed by atoms with Crippen molar-refractivity contribution in [2.75, 3.05) is 18.9 Å². The molecule has 0 saturated carbocycles. The molecule has 94 valence electrons. The maximum absolute atomic E-state index is 12.7. The third-order valence-corrected chi connectivity index (χ3v) is 2.81. The van der Waals surface area contributed by atoms with Crippen LogP contribution in [-0.2, 0) is 0 Å². The first kappa shape index (κ1) is 13.4. The molecule has 3 N–H and O–H groups in total. The van der Waals surface area contributed by atoms with Crippen molar-refractivity contribution in [1.29, 1.82) is 0 Å². The smallest absolute Gasteiger partial charge is 0.322 e. The predicted molar refractivity (Wildman–Crippen MR) is 66.3 cm³/mol. The van der Waals surface area contributed by atoms with E-state index in [0.29, 0.717) is 12.2 Å². The fraction of sp³-hybridized carbons (Fsp3) is 0.417. The second kappa shape index (κ2) is 5.14. The van der Waals surface area contributed by atoms with Gasteiger partial charge in [0.25, 0.3) is 0 Å². The second-order valence-electron chi connectivity index (χ2n) is 4.51.